The Bertz CT molecular complexity index is 29.8. The molecular weight excluding hydrogens is 156 g/mol. The van der Waals surface area contributed by atoms with Crippen molar-refractivity contribution in [2.24, 2.45) is 0 Å². The van der Waals surface area contributed by atoms with Gasteiger partial charge in [0.25, 0.3) is 0 Å². The van der Waals surface area contributed by atoms with Crippen LogP contribution in [0.4, 0.5) is 0 Å². The molecule has 0 unspecified atom stereocenters. The minimum absolute atomic E-state index is 1.65. The molecule has 0 saturated heterocycles. The van der Waals surface area contributed by atoms with Crippen molar-refractivity contribution in [1.82, 2.24) is 0 Å². The Morgan fingerprint density at radius 3 is 0.692 bits per heavy atom. The lowest BCUT2D eigenvalue weighted by Crippen LogP contribution is -1.10. The highest BCUT2D eigenvalue weighted by atomic mass is 13.2. The Balaban J connectivity index is -0.0000000115. The molecule has 0 heteroatoms. The maximum atomic E-state index is 4.60. The number of terminal acetylenes is 1. The van der Waals surface area contributed by atoms with Crippen LogP contribution in [0.5, 0.6) is 0 Å². The summed E-state index contributed by atoms with van der Waals surface area (Å²) in [6, 6.07) is 0. The Morgan fingerprint density at radius 2 is 0.692 bits per heavy atom. The summed E-state index contributed by atoms with van der Waals surface area (Å²) in [5.41, 5.74) is 0. The van der Waals surface area contributed by atoms with E-state index in [0.29, 0.717) is 0 Å². The molecule has 0 N–H and O–H groups in total. The average molecular weight is 188 g/mol. The van der Waals surface area contributed by atoms with E-state index < -0.39 is 0 Å². The van der Waals surface area contributed by atoms with Gasteiger partial charge in [0, 0.05) is 0 Å². The predicted octanol–water partition coefficient (Wildman–Crippen LogP) is 5.55. The second kappa shape index (κ2) is 13300. The molecule has 0 spiro atoms. The largest absolute Gasteiger partial charge is 0.120 e. The van der Waals surface area contributed by atoms with Gasteiger partial charge in [-0.1, -0.05) is 55.4 Å². The van der Waals surface area contributed by atoms with Crippen molar-refractivity contribution in [2.75, 3.05) is 0 Å². The first-order valence-corrected chi connectivity index (χ1v) is 5.29. The number of rotatable bonds is 0. The molecule has 0 fully saturated rings. The third kappa shape index (κ3) is 1990. The van der Waals surface area contributed by atoms with Gasteiger partial charge >= 0.3 is 0 Å². The van der Waals surface area contributed by atoms with Crippen LogP contribution in [-0.4, -0.2) is 0 Å². The Kier molecular flexibility index (Phi) is 40500. The van der Waals surface area contributed by atoms with Gasteiger partial charge < -0.3 is 0 Å². The molecule has 0 bridgehead atoms. The molecule has 0 saturated carbocycles. The molecule has 0 aliphatic carbocycles. The molecular formula is C13H32. The molecule has 0 heterocycles. The first kappa shape index (κ1) is 39.6. The summed E-state index contributed by atoms with van der Waals surface area (Å²) >= 11 is 0. The topological polar surface area (TPSA) is 0 Å². The summed E-state index contributed by atoms with van der Waals surface area (Å²) < 4.78 is 0. The zero-order valence-corrected chi connectivity index (χ0v) is 11.5. The maximum absolute atomic E-state index is 4.60. The lowest BCUT2D eigenvalue weighted by Gasteiger charge is -1.23. The van der Waals surface area contributed by atoms with Crippen molar-refractivity contribution >= 4 is 0 Å². The van der Waals surface area contributed by atoms with Gasteiger partial charge in [0.1, 0.15) is 0 Å². The van der Waals surface area contributed by atoms with E-state index in [1.165, 1.54) is 0 Å². The highest BCUT2D eigenvalue weighted by molar-refractivity contribution is 4.73. The van der Waals surface area contributed by atoms with Gasteiger partial charge in [-0.05, 0) is 6.92 Å². The second-order valence-corrected chi connectivity index (χ2v) is 0.289. The first-order chi connectivity index (χ1) is 6.41. The minimum Gasteiger partial charge on any atom is -0.120 e. The van der Waals surface area contributed by atoms with Crippen molar-refractivity contribution in [1.29, 1.82) is 0 Å². The van der Waals surface area contributed by atoms with E-state index in [2.05, 4.69) is 25.5 Å². The number of hydrogen-bond donors (Lipinski definition) is 0. The van der Waals surface area contributed by atoms with Crippen LogP contribution in [-0.2, 0) is 0 Å². The highest BCUT2D eigenvalue weighted by Crippen LogP contribution is 1.21. The zero-order valence-electron chi connectivity index (χ0n) is 11.5. The van der Waals surface area contributed by atoms with Gasteiger partial charge in [0.05, 0.1) is 0 Å². The van der Waals surface area contributed by atoms with Gasteiger partial charge in [-0.15, -0.1) is 25.5 Å². The summed E-state index contributed by atoms with van der Waals surface area (Å²) in [7, 11) is 0. The van der Waals surface area contributed by atoms with Gasteiger partial charge in [-0.2, -0.15) is 0 Å². The van der Waals surface area contributed by atoms with Crippen LogP contribution in [0.1, 0.15) is 62.3 Å². The fourth-order valence-electron chi connectivity index (χ4n) is 0. The van der Waals surface area contributed by atoms with Crippen LogP contribution in [0.25, 0.3) is 0 Å². The molecule has 0 amide bonds. The van der Waals surface area contributed by atoms with Gasteiger partial charge in [-0.3, -0.25) is 0 Å². The van der Waals surface area contributed by atoms with Gasteiger partial charge in [-0.25, -0.2) is 0 Å². The Morgan fingerprint density at radius 1 is 0.692 bits per heavy atom. The Hall–Kier alpha value is -0.700. The molecule has 0 aromatic heterocycles. The van der Waals surface area contributed by atoms with E-state index in [4.69, 9.17) is 0 Å². The van der Waals surface area contributed by atoms with Crippen LogP contribution >= 0.6 is 0 Å². The van der Waals surface area contributed by atoms with Gasteiger partial charge in [0.15, 0.2) is 0 Å². The third-order valence-corrected chi connectivity index (χ3v) is 0. The fourth-order valence-corrected chi connectivity index (χ4v) is 0. The highest BCUT2D eigenvalue weighted by Gasteiger charge is 1.09. The van der Waals surface area contributed by atoms with E-state index in [1.54, 1.807) is 6.92 Å². The molecule has 0 nitrogen and oxygen atoms in total. The van der Waals surface area contributed by atoms with Crippen LogP contribution in [0, 0.1) is 12.3 Å². The summed E-state index contributed by atoms with van der Waals surface area (Å²) in [5, 5.41) is 0. The van der Waals surface area contributed by atoms with E-state index in [-0.39, 0.29) is 0 Å². The first-order valence-electron chi connectivity index (χ1n) is 5.29. The standard InChI is InChI=1S/C3H4.4C2H6.C2H4/c1-3-2;5*1-2/h1H,2H3;4*1-2H3;1-2H2. The van der Waals surface area contributed by atoms with Gasteiger partial charge in [0.2, 0.25) is 0 Å². The van der Waals surface area contributed by atoms with E-state index in [0.717, 1.165) is 0 Å². The zero-order chi connectivity index (χ0) is 12.7. The lowest BCUT2D eigenvalue weighted by molar-refractivity contribution is 1.50. The average Bonchev–Trinajstić information content (AvgIpc) is 2.32. The summed E-state index contributed by atoms with van der Waals surface area (Å²) in [5.74, 6) is 2.25. The predicted molar refractivity (Wildman–Crippen MR) is 71.2 cm³/mol. The Labute approximate surface area is 88.5 Å². The molecule has 0 aromatic rings. The molecule has 0 rings (SSSR count). The molecule has 0 radical (unpaired) electrons. The van der Waals surface area contributed by atoms with Crippen molar-refractivity contribution in [2.45, 2.75) is 62.3 Å². The molecule has 13 heavy (non-hydrogen) atoms. The normalized spacial score (nSPS) is 2.77. The summed E-state index contributed by atoms with van der Waals surface area (Å²) in [4.78, 5) is 0. The van der Waals surface area contributed by atoms with Crippen molar-refractivity contribution < 1.29 is 0 Å². The van der Waals surface area contributed by atoms with Crippen LogP contribution in [0.3, 0.4) is 0 Å². The van der Waals surface area contributed by atoms with Crippen LogP contribution < -0.4 is 0 Å². The number of hydrogen-bond acceptors (Lipinski definition) is 0. The van der Waals surface area contributed by atoms with Crippen molar-refractivity contribution in [3.63, 3.8) is 0 Å². The molecule has 0 aromatic carbocycles. The molecule has 0 atom stereocenters. The maximum Gasteiger partial charge on any atom is -0.00297 e. The molecule has 0 aliphatic heterocycles. The summed E-state index contributed by atoms with van der Waals surface area (Å²) in [6.07, 6.45) is 4.60. The second-order valence-electron chi connectivity index (χ2n) is 0.289. The molecule has 0 aliphatic rings. The quantitative estimate of drug-likeness (QED) is 0.345. The summed E-state index contributed by atoms with van der Waals surface area (Å²) in [6.45, 7) is 23.7. The minimum atomic E-state index is 1.65. The van der Waals surface area contributed by atoms with E-state index in [9.17, 15) is 0 Å². The van der Waals surface area contributed by atoms with Crippen molar-refractivity contribution in [3.8, 4) is 12.3 Å². The van der Waals surface area contributed by atoms with E-state index >= 15 is 0 Å². The smallest absolute Gasteiger partial charge is 0.00297 e. The third-order valence-electron chi connectivity index (χ3n) is 0. The lowest BCUT2D eigenvalue weighted by atomic mass is 10.9. The monoisotopic (exact) mass is 188 g/mol. The SMILES string of the molecule is C#CC.C=C.CC.CC.CC.CC. The van der Waals surface area contributed by atoms with E-state index in [1.807, 2.05) is 55.4 Å². The van der Waals surface area contributed by atoms with Crippen molar-refractivity contribution in [3.05, 3.63) is 13.2 Å². The van der Waals surface area contributed by atoms with Crippen LogP contribution in [0.15, 0.2) is 13.2 Å². The molecule has 84 valence electrons. The fraction of sp³-hybridized carbons (Fsp3) is 0.692. The van der Waals surface area contributed by atoms with Crippen LogP contribution in [0.2, 0.25) is 0 Å².